The number of ether oxygens (including phenoxy) is 1. The van der Waals surface area contributed by atoms with Crippen molar-refractivity contribution in [3.05, 3.63) is 47.8 Å². The Labute approximate surface area is 230 Å². The van der Waals surface area contributed by atoms with Crippen LogP contribution in [0.15, 0.2) is 36.7 Å². The molecule has 3 aromatic rings. The van der Waals surface area contributed by atoms with Gasteiger partial charge in [-0.3, -0.25) is 9.78 Å². The van der Waals surface area contributed by atoms with Crippen molar-refractivity contribution in [1.82, 2.24) is 24.8 Å². The van der Waals surface area contributed by atoms with Crippen molar-refractivity contribution in [2.75, 3.05) is 32.1 Å². The number of hydrogen-bond acceptors (Lipinski definition) is 8. The lowest BCUT2D eigenvalue weighted by atomic mass is 9.65. The summed E-state index contributed by atoms with van der Waals surface area (Å²) < 4.78 is 20.9. The Morgan fingerprint density at radius 2 is 2.10 bits per heavy atom. The normalized spacial score (nSPS) is 21.1. The number of fused-ring (bicyclic) bond motifs is 1. The number of hydrogen-bond donors (Lipinski definition) is 3. The van der Waals surface area contributed by atoms with Crippen molar-refractivity contribution in [3.8, 4) is 17.5 Å². The quantitative estimate of drug-likeness (QED) is 0.408. The van der Waals surface area contributed by atoms with Gasteiger partial charge < -0.3 is 25.4 Å². The third-order valence-electron chi connectivity index (χ3n) is 7.84. The van der Waals surface area contributed by atoms with Crippen LogP contribution in [0, 0.1) is 16.7 Å². The van der Waals surface area contributed by atoms with E-state index in [0.717, 1.165) is 24.8 Å². The predicted molar refractivity (Wildman–Crippen MR) is 144 cm³/mol. The summed E-state index contributed by atoms with van der Waals surface area (Å²) in [5, 5.41) is 29.5. The number of anilines is 1. The monoisotopic (exact) mass is 549 g/mol. The van der Waals surface area contributed by atoms with Gasteiger partial charge in [-0.25, -0.2) is 13.7 Å². The molecule has 3 aromatic heterocycles. The third-order valence-corrected chi connectivity index (χ3v) is 7.84. The fourth-order valence-corrected chi connectivity index (χ4v) is 5.54. The number of likely N-dealkylation sites (tertiary alicyclic amines) is 1. The number of nitrogens with zero attached hydrogens (tertiary/aromatic N) is 5. The predicted octanol–water partition coefficient (Wildman–Crippen LogP) is 3.14. The molecule has 0 bridgehead atoms. The number of methoxy groups -OCH3 is 1. The summed E-state index contributed by atoms with van der Waals surface area (Å²) in [4.78, 5) is 31.3. The molecule has 0 aromatic carbocycles. The number of alkyl halides is 1. The molecule has 1 unspecified atom stereocenters. The summed E-state index contributed by atoms with van der Waals surface area (Å²) in [6.07, 6.45) is 3.46. The molecule has 12 heteroatoms. The second-order valence-corrected chi connectivity index (χ2v) is 11.2. The number of rotatable bonds is 7. The van der Waals surface area contributed by atoms with Gasteiger partial charge in [0.25, 0.3) is 5.91 Å². The molecule has 1 aliphatic heterocycles. The maximum atomic E-state index is 14.3. The van der Waals surface area contributed by atoms with Crippen LogP contribution in [-0.2, 0) is 4.74 Å². The molecule has 1 aliphatic carbocycles. The van der Waals surface area contributed by atoms with Crippen LogP contribution in [0.1, 0.15) is 49.0 Å². The second-order valence-electron chi connectivity index (χ2n) is 11.2. The van der Waals surface area contributed by atoms with E-state index in [1.807, 2.05) is 12.1 Å². The first-order valence-electron chi connectivity index (χ1n) is 13.1. The summed E-state index contributed by atoms with van der Waals surface area (Å²) in [7, 11) is 1.38. The molecule has 3 N–H and O–H groups in total. The van der Waals surface area contributed by atoms with Gasteiger partial charge in [0.15, 0.2) is 0 Å². The highest BCUT2D eigenvalue weighted by Crippen LogP contribution is 2.49. The molecule has 11 nitrogen and oxygen atoms in total. The standard InChI is InChI=1S/C28H32FN7O4/c1-27(2,39)24(29)15-32-25(37)20-14-31-22(23-5-4-19-8-17(12-30)13-33-36(19)23)9-21(20)34-18-10-28(11-18)6-7-35(16-28)26(38)40-3/h4-5,8-9,13-14,18,24,39H,6-7,10-11,15-16H2,1-3H3,(H,31,34)(H,32,37). The molecule has 2 amide bonds. The molecule has 40 heavy (non-hydrogen) atoms. The van der Waals surface area contributed by atoms with E-state index in [4.69, 9.17) is 4.74 Å². The Hall–Kier alpha value is -4.24. The second kappa shape index (κ2) is 10.4. The SMILES string of the molecule is COC(=O)N1CCC2(CC(Nc3cc(-c4ccc5cc(C#N)cnn45)ncc3C(=O)NCC(F)C(C)(C)O)C2)C1. The Balaban J connectivity index is 1.39. The topological polar surface area (TPSA) is 145 Å². The minimum Gasteiger partial charge on any atom is -0.453 e. The molecule has 2 aliphatic rings. The lowest BCUT2D eigenvalue weighted by molar-refractivity contribution is -0.00177. The molecular formula is C28H32FN7O4. The Bertz CT molecular complexity index is 1490. The zero-order valence-corrected chi connectivity index (χ0v) is 22.6. The van der Waals surface area contributed by atoms with Gasteiger partial charge in [0.1, 0.15) is 12.2 Å². The van der Waals surface area contributed by atoms with Crippen molar-refractivity contribution in [2.24, 2.45) is 5.41 Å². The van der Waals surface area contributed by atoms with Crippen LogP contribution in [0.5, 0.6) is 0 Å². The van der Waals surface area contributed by atoms with Gasteiger partial charge in [-0.05, 0) is 62.8 Å². The summed E-state index contributed by atoms with van der Waals surface area (Å²) in [5.74, 6) is -0.517. The maximum absolute atomic E-state index is 14.3. The summed E-state index contributed by atoms with van der Waals surface area (Å²) in [6, 6.07) is 9.29. The fourth-order valence-electron chi connectivity index (χ4n) is 5.54. The molecule has 1 spiro atoms. The van der Waals surface area contributed by atoms with Crippen LogP contribution in [-0.4, -0.2) is 81.2 Å². The molecule has 2 fully saturated rings. The van der Waals surface area contributed by atoms with Crippen LogP contribution < -0.4 is 10.6 Å². The number of carbonyl (C=O) groups is 2. The minimum absolute atomic E-state index is 0.0123. The van der Waals surface area contributed by atoms with Crippen LogP contribution in [0.3, 0.4) is 0 Å². The van der Waals surface area contributed by atoms with Gasteiger partial charge in [0.2, 0.25) is 0 Å². The van der Waals surface area contributed by atoms with Crippen LogP contribution in [0.2, 0.25) is 0 Å². The number of nitriles is 1. The molecule has 0 radical (unpaired) electrons. The van der Waals surface area contributed by atoms with Crippen molar-refractivity contribution < 1.29 is 23.8 Å². The van der Waals surface area contributed by atoms with Gasteiger partial charge in [-0.1, -0.05) is 0 Å². The van der Waals surface area contributed by atoms with Crippen LogP contribution in [0.4, 0.5) is 14.9 Å². The first kappa shape index (κ1) is 27.3. The molecular weight excluding hydrogens is 517 g/mol. The maximum Gasteiger partial charge on any atom is 0.409 e. The van der Waals surface area contributed by atoms with Crippen LogP contribution >= 0.6 is 0 Å². The van der Waals surface area contributed by atoms with Gasteiger partial charge in [-0.2, -0.15) is 10.4 Å². The summed E-state index contributed by atoms with van der Waals surface area (Å²) in [5.41, 5.74) is 1.60. The number of aliphatic hydroxyl groups is 1. The largest absolute Gasteiger partial charge is 0.453 e. The number of halogens is 1. The van der Waals surface area contributed by atoms with E-state index in [1.54, 1.807) is 21.5 Å². The van der Waals surface area contributed by atoms with Crippen molar-refractivity contribution in [3.63, 3.8) is 0 Å². The van der Waals surface area contributed by atoms with Crippen LogP contribution in [0.25, 0.3) is 16.9 Å². The number of carbonyl (C=O) groups excluding carboxylic acids is 2. The van der Waals surface area contributed by atoms with E-state index in [2.05, 4.69) is 26.8 Å². The third kappa shape index (κ3) is 5.29. The highest BCUT2D eigenvalue weighted by Gasteiger charge is 2.49. The minimum atomic E-state index is -1.65. The zero-order chi connectivity index (χ0) is 28.7. The van der Waals surface area contributed by atoms with E-state index in [1.165, 1.54) is 33.4 Å². The number of aromatic nitrogens is 3. The van der Waals surface area contributed by atoms with E-state index < -0.39 is 17.7 Å². The lowest BCUT2D eigenvalue weighted by Gasteiger charge is -2.46. The molecule has 1 saturated carbocycles. The summed E-state index contributed by atoms with van der Waals surface area (Å²) >= 11 is 0. The van der Waals surface area contributed by atoms with Gasteiger partial charge in [0, 0.05) is 25.3 Å². The van der Waals surface area contributed by atoms with E-state index >= 15 is 0 Å². The van der Waals surface area contributed by atoms with E-state index in [9.17, 15) is 24.3 Å². The van der Waals surface area contributed by atoms with Crippen molar-refractivity contribution >= 4 is 23.2 Å². The first-order chi connectivity index (χ1) is 19.0. The molecule has 1 atom stereocenters. The number of pyridine rings is 1. The zero-order valence-electron chi connectivity index (χ0n) is 22.6. The highest BCUT2D eigenvalue weighted by molar-refractivity contribution is 6.00. The van der Waals surface area contributed by atoms with E-state index in [0.29, 0.717) is 35.7 Å². The van der Waals surface area contributed by atoms with Gasteiger partial charge in [0.05, 0.1) is 59.2 Å². The fraction of sp³-hybridized carbons (Fsp3) is 0.464. The Kier molecular flexibility index (Phi) is 7.10. The van der Waals surface area contributed by atoms with E-state index in [-0.39, 0.29) is 29.7 Å². The lowest BCUT2D eigenvalue weighted by Crippen LogP contribution is -2.47. The smallest absolute Gasteiger partial charge is 0.409 e. The number of nitrogens with one attached hydrogen (secondary N) is 2. The first-order valence-corrected chi connectivity index (χ1v) is 13.1. The van der Waals surface area contributed by atoms with Crippen molar-refractivity contribution in [2.45, 2.75) is 50.9 Å². The average molecular weight is 550 g/mol. The van der Waals surface area contributed by atoms with Gasteiger partial charge >= 0.3 is 6.09 Å². The summed E-state index contributed by atoms with van der Waals surface area (Å²) in [6.45, 7) is 3.63. The molecule has 1 saturated heterocycles. The Morgan fingerprint density at radius 1 is 1.32 bits per heavy atom. The Morgan fingerprint density at radius 3 is 2.80 bits per heavy atom. The van der Waals surface area contributed by atoms with Gasteiger partial charge in [-0.15, -0.1) is 0 Å². The average Bonchev–Trinajstić information content (AvgIpc) is 3.55. The van der Waals surface area contributed by atoms with Crippen molar-refractivity contribution in [1.29, 1.82) is 5.26 Å². The molecule has 4 heterocycles. The highest BCUT2D eigenvalue weighted by atomic mass is 19.1. The molecule has 5 rings (SSSR count). The number of amides is 2. The molecule has 210 valence electrons.